The number of rotatable bonds is 14. The van der Waals surface area contributed by atoms with E-state index in [2.05, 4.69) is 89.8 Å². The fourth-order valence-electron chi connectivity index (χ4n) is 7.82. The second-order valence-electron chi connectivity index (χ2n) is 14.7. The number of fused-ring (bicyclic) bond motifs is 1. The number of halogens is 1. The Kier molecular flexibility index (Phi) is 11.9. The van der Waals surface area contributed by atoms with E-state index in [0.717, 1.165) is 51.5 Å². The molecular weight excluding hydrogens is 782 g/mol. The van der Waals surface area contributed by atoms with Gasteiger partial charge in [-0.1, -0.05) is 41.5 Å². The minimum atomic E-state index is -2.12. The summed E-state index contributed by atoms with van der Waals surface area (Å²) in [7, 11) is -2.12. The molecule has 0 radical (unpaired) electrons. The predicted molar refractivity (Wildman–Crippen MR) is 209 cm³/mol. The summed E-state index contributed by atoms with van der Waals surface area (Å²) in [5.74, 6) is 1.55. The molecule has 0 unspecified atom stereocenters. The molecule has 8 heteroatoms. The first-order valence-corrected chi connectivity index (χ1v) is 23.0. The van der Waals surface area contributed by atoms with Gasteiger partial charge in [-0.3, -0.25) is 4.90 Å². The molecule has 5 nitrogen and oxygen atoms in total. The van der Waals surface area contributed by atoms with Crippen LogP contribution in [0.4, 0.5) is 0 Å². The maximum atomic E-state index is 14.6. The van der Waals surface area contributed by atoms with Crippen LogP contribution in [0.25, 0.3) is 20.5 Å². The van der Waals surface area contributed by atoms with Crippen molar-refractivity contribution in [2.45, 2.75) is 84.5 Å². The third-order valence-corrected chi connectivity index (χ3v) is 19.4. The van der Waals surface area contributed by atoms with Gasteiger partial charge in [0.2, 0.25) is 0 Å². The molecule has 4 aromatic carbocycles. The molecule has 268 valence electrons. The van der Waals surface area contributed by atoms with E-state index in [0.29, 0.717) is 39.1 Å². The number of hydrogen-bond acceptors (Lipinski definition) is 6. The van der Waals surface area contributed by atoms with E-state index in [1.54, 1.807) is 11.3 Å². The van der Waals surface area contributed by atoms with Crippen LogP contribution in [0.1, 0.15) is 91.8 Å². The van der Waals surface area contributed by atoms with Crippen molar-refractivity contribution in [2.24, 2.45) is 0 Å². The van der Waals surface area contributed by atoms with Crippen molar-refractivity contribution in [1.82, 2.24) is 4.90 Å². The second-order valence-corrected chi connectivity index (χ2v) is 22.9. The Morgan fingerprint density at radius 3 is 2.06 bits per heavy atom. The average Bonchev–Trinajstić information content (AvgIpc) is 3.78. The summed E-state index contributed by atoms with van der Waals surface area (Å²) < 4.78 is 14.1. The summed E-state index contributed by atoms with van der Waals surface area (Å²) in [5, 5.41) is 0.893. The molecule has 1 aliphatic rings. The smallest absolute Gasteiger partial charge is 0.299 e. The van der Waals surface area contributed by atoms with Crippen LogP contribution >= 0.6 is 11.3 Å². The Hall–Kier alpha value is -3.31. The first-order valence-electron chi connectivity index (χ1n) is 18.1. The Morgan fingerprint density at radius 2 is 1.43 bits per heavy atom. The molecule has 1 aromatic heterocycles. The van der Waals surface area contributed by atoms with E-state index in [1.165, 1.54) is 18.4 Å². The van der Waals surface area contributed by atoms with E-state index in [9.17, 15) is 9.59 Å². The summed E-state index contributed by atoms with van der Waals surface area (Å²) in [6.07, 6.45) is 2.51. The van der Waals surface area contributed by atoms with E-state index in [-0.39, 0.29) is 9.57 Å². The number of hydrogen-bond donors (Lipinski definition) is 0. The van der Waals surface area contributed by atoms with Gasteiger partial charge in [-0.2, -0.15) is 0 Å². The van der Waals surface area contributed by atoms with E-state index in [1.807, 2.05) is 54.6 Å². The summed E-state index contributed by atoms with van der Waals surface area (Å²) >= 11 is 0.389. The first kappa shape index (κ1) is 37.4. The molecule has 0 N–H and O–H groups in total. The third-order valence-electron chi connectivity index (χ3n) is 10.4. The molecule has 51 heavy (non-hydrogen) atoms. The molecule has 1 aliphatic heterocycles. The van der Waals surface area contributed by atoms with Crippen molar-refractivity contribution in [3.05, 3.63) is 119 Å². The van der Waals surface area contributed by atoms with Gasteiger partial charge in [0.1, 0.15) is 0 Å². The fraction of sp³-hybridized carbons (Fsp3) is 0.349. The number of likely N-dealkylation sites (tertiary alicyclic amines) is 1. The third kappa shape index (κ3) is 8.04. The summed E-state index contributed by atoms with van der Waals surface area (Å²) in [4.78, 5) is 30.8. The molecule has 0 atom stereocenters. The first-order chi connectivity index (χ1) is 24.5. The summed E-state index contributed by atoms with van der Waals surface area (Å²) in [6.45, 7) is 19.1. The van der Waals surface area contributed by atoms with Gasteiger partial charge in [0.15, 0.2) is 0 Å². The number of aryl methyl sites for hydroxylation is 1. The molecule has 0 amide bonds. The van der Waals surface area contributed by atoms with Gasteiger partial charge in [-0.25, -0.2) is 0 Å². The van der Waals surface area contributed by atoms with E-state index < -0.39 is 29.9 Å². The van der Waals surface area contributed by atoms with Gasteiger partial charge in [0.05, 0.1) is 0 Å². The SMILES string of the molecule is Cc1cc(C(=O)c2c(-c3ccc(O[Si](C(C)C)(C(C)C)C(C)C)cc3)sc3cc(O[I-]C(=O)c4ccccc4)ccc23)ccc1CN1CCCC1. The van der Waals surface area contributed by atoms with Crippen molar-refractivity contribution in [2.75, 3.05) is 13.1 Å². The standard InChI is InChI=1S/C43H49INO4SSi/c1-28(2)51(29(3)4,30(5)6)49-36-19-17-32(18-20-36)42-40(41(46)34-15-16-35(31(7)25-34)27-45-23-11-12-24-45)38-22-21-37(26-39(38)50-42)48-44-43(47)33-13-9-8-10-14-33/h8-10,13-22,25-26,28-30H,11-12,23-24,27H2,1-7H3/q-1. The van der Waals surface area contributed by atoms with Crippen LogP contribution < -0.4 is 29.1 Å². The predicted octanol–water partition coefficient (Wildman–Crippen LogP) is 8.48. The number of carbonyl (C=O) groups is 2. The average molecular weight is 831 g/mol. The molecular formula is C43H49INO4SSi-. The summed E-state index contributed by atoms with van der Waals surface area (Å²) in [6, 6.07) is 29.7. The zero-order chi connectivity index (χ0) is 36.3. The van der Waals surface area contributed by atoms with Crippen LogP contribution in [0.15, 0.2) is 91.0 Å². The number of benzene rings is 4. The second kappa shape index (κ2) is 16.1. The molecule has 0 aliphatic carbocycles. The van der Waals surface area contributed by atoms with E-state index >= 15 is 0 Å². The maximum absolute atomic E-state index is 14.6. The van der Waals surface area contributed by atoms with Crippen molar-refractivity contribution >= 4 is 39.3 Å². The number of nitrogens with zero attached hydrogens (tertiary/aromatic N) is 1. The van der Waals surface area contributed by atoms with Crippen LogP contribution in [0.5, 0.6) is 11.5 Å². The zero-order valence-corrected chi connectivity index (χ0v) is 34.8. The minimum Gasteiger partial charge on any atom is -0.299 e. The number of carbonyl (C=O) groups excluding carboxylic acids is 2. The molecule has 1 saturated heterocycles. The quantitative estimate of drug-likeness (QED) is 0.0487. The van der Waals surface area contributed by atoms with Gasteiger partial charge in [0.25, 0.3) is 0 Å². The number of thiophene rings is 1. The Labute approximate surface area is 319 Å². The summed E-state index contributed by atoms with van der Waals surface area (Å²) in [5.41, 5.74) is 6.87. The Morgan fingerprint density at radius 1 is 0.784 bits per heavy atom. The van der Waals surface area contributed by atoms with Crippen LogP contribution in [-0.4, -0.2) is 35.9 Å². The Balaban J connectivity index is 1.35. The molecule has 1 fully saturated rings. The van der Waals surface area contributed by atoms with Gasteiger partial charge in [-0.15, -0.1) is 0 Å². The zero-order valence-electron chi connectivity index (χ0n) is 30.8. The molecule has 2 heterocycles. The van der Waals surface area contributed by atoms with Gasteiger partial charge in [-0.05, 0) is 42.6 Å². The molecule has 6 rings (SSSR count). The van der Waals surface area contributed by atoms with E-state index in [4.69, 9.17) is 7.49 Å². The van der Waals surface area contributed by atoms with Crippen molar-refractivity contribution in [3.63, 3.8) is 0 Å². The van der Waals surface area contributed by atoms with Crippen LogP contribution in [0.2, 0.25) is 16.6 Å². The number of ketones is 1. The van der Waals surface area contributed by atoms with Crippen molar-refractivity contribution < 1.29 is 38.7 Å². The van der Waals surface area contributed by atoms with Crippen LogP contribution in [0.3, 0.4) is 0 Å². The molecule has 0 spiro atoms. The normalized spacial score (nSPS) is 13.9. The van der Waals surface area contributed by atoms with Gasteiger partial charge in [0, 0.05) is 0 Å². The van der Waals surface area contributed by atoms with Crippen molar-refractivity contribution in [1.29, 1.82) is 0 Å². The molecule has 0 bridgehead atoms. The monoisotopic (exact) mass is 830 g/mol. The minimum absolute atomic E-state index is 0.0126. The van der Waals surface area contributed by atoms with Crippen molar-refractivity contribution in [3.8, 4) is 21.9 Å². The molecule has 5 aromatic rings. The Bertz CT molecular complexity index is 1980. The van der Waals surface area contributed by atoms with Crippen LogP contribution in [0, 0.1) is 6.92 Å². The van der Waals surface area contributed by atoms with Gasteiger partial charge >= 0.3 is 232 Å². The fourth-order valence-corrected chi connectivity index (χ4v) is 15.6. The topological polar surface area (TPSA) is 55.8 Å². The molecule has 0 saturated carbocycles. The van der Waals surface area contributed by atoms with Crippen LogP contribution in [-0.2, 0) is 6.54 Å². The van der Waals surface area contributed by atoms with Gasteiger partial charge < -0.3 is 0 Å².